The van der Waals surface area contributed by atoms with E-state index in [0.717, 1.165) is 31.4 Å². The largest absolute Gasteiger partial charge is 0.337 e. The highest BCUT2D eigenvalue weighted by Gasteiger charge is 2.33. The lowest BCUT2D eigenvalue weighted by Crippen LogP contribution is -2.30. The SMILES string of the molecule is O=C(CCCn1cncn1)N1CCCC1c1nc(-c2ccccc2)no1. The van der Waals surface area contributed by atoms with Crippen molar-refractivity contribution >= 4 is 5.91 Å². The second kappa shape index (κ2) is 7.47. The van der Waals surface area contributed by atoms with E-state index in [1.807, 2.05) is 35.2 Å². The van der Waals surface area contributed by atoms with Crippen LogP contribution in [0.25, 0.3) is 11.4 Å². The molecular weight excluding hydrogens is 332 g/mol. The minimum atomic E-state index is -0.126. The quantitative estimate of drug-likeness (QED) is 0.677. The molecule has 26 heavy (non-hydrogen) atoms. The van der Waals surface area contributed by atoms with Gasteiger partial charge in [-0.15, -0.1) is 0 Å². The first-order chi connectivity index (χ1) is 12.8. The third kappa shape index (κ3) is 3.49. The van der Waals surface area contributed by atoms with Crippen LogP contribution in [0.2, 0.25) is 0 Å². The lowest BCUT2D eigenvalue weighted by atomic mass is 10.2. The van der Waals surface area contributed by atoms with Crippen LogP contribution in [0.5, 0.6) is 0 Å². The van der Waals surface area contributed by atoms with Gasteiger partial charge in [0.1, 0.15) is 18.7 Å². The molecule has 0 spiro atoms. The molecule has 1 aliphatic rings. The monoisotopic (exact) mass is 352 g/mol. The molecule has 1 fully saturated rings. The number of likely N-dealkylation sites (tertiary alicyclic amines) is 1. The van der Waals surface area contributed by atoms with Crippen LogP contribution >= 0.6 is 0 Å². The molecule has 1 aromatic carbocycles. The summed E-state index contributed by atoms with van der Waals surface area (Å²) in [6, 6.07) is 9.57. The number of aromatic nitrogens is 5. The van der Waals surface area contributed by atoms with Crippen molar-refractivity contribution in [2.45, 2.75) is 38.3 Å². The van der Waals surface area contributed by atoms with E-state index in [-0.39, 0.29) is 11.9 Å². The van der Waals surface area contributed by atoms with E-state index in [2.05, 4.69) is 20.2 Å². The summed E-state index contributed by atoms with van der Waals surface area (Å²) in [6.07, 6.45) is 6.15. The van der Waals surface area contributed by atoms with Crippen molar-refractivity contribution in [2.24, 2.45) is 0 Å². The van der Waals surface area contributed by atoms with Crippen LogP contribution in [-0.4, -0.2) is 42.3 Å². The number of aryl methyl sites for hydroxylation is 1. The van der Waals surface area contributed by atoms with E-state index in [1.54, 1.807) is 11.0 Å². The number of hydrogen-bond donors (Lipinski definition) is 0. The molecule has 3 heterocycles. The van der Waals surface area contributed by atoms with Crippen LogP contribution in [0, 0.1) is 0 Å². The molecule has 3 aromatic rings. The summed E-state index contributed by atoms with van der Waals surface area (Å²) < 4.78 is 7.20. The van der Waals surface area contributed by atoms with Crippen LogP contribution in [0.3, 0.4) is 0 Å². The maximum atomic E-state index is 12.6. The number of amides is 1. The van der Waals surface area contributed by atoms with Gasteiger partial charge in [0.05, 0.1) is 0 Å². The molecule has 0 bridgehead atoms. The highest BCUT2D eigenvalue weighted by atomic mass is 16.5. The van der Waals surface area contributed by atoms with Crippen molar-refractivity contribution in [1.82, 2.24) is 29.8 Å². The predicted molar refractivity (Wildman–Crippen MR) is 92.7 cm³/mol. The smallest absolute Gasteiger partial charge is 0.249 e. The average molecular weight is 352 g/mol. The molecule has 4 rings (SSSR count). The van der Waals surface area contributed by atoms with Gasteiger partial charge >= 0.3 is 0 Å². The van der Waals surface area contributed by atoms with Gasteiger partial charge in [0.2, 0.25) is 17.6 Å². The van der Waals surface area contributed by atoms with Gasteiger partial charge in [-0.1, -0.05) is 35.5 Å². The normalized spacial score (nSPS) is 16.9. The first-order valence-electron chi connectivity index (χ1n) is 8.82. The van der Waals surface area contributed by atoms with Crippen LogP contribution < -0.4 is 0 Å². The van der Waals surface area contributed by atoms with Gasteiger partial charge in [-0.05, 0) is 19.3 Å². The van der Waals surface area contributed by atoms with Gasteiger partial charge < -0.3 is 9.42 Å². The highest BCUT2D eigenvalue weighted by molar-refractivity contribution is 5.76. The fourth-order valence-electron chi connectivity index (χ4n) is 3.28. The fraction of sp³-hybridized carbons (Fsp3) is 0.389. The summed E-state index contributed by atoms with van der Waals surface area (Å²) in [7, 11) is 0. The second-order valence-electron chi connectivity index (χ2n) is 6.33. The van der Waals surface area contributed by atoms with Crippen molar-refractivity contribution in [1.29, 1.82) is 0 Å². The maximum Gasteiger partial charge on any atom is 0.249 e. The molecule has 134 valence electrons. The van der Waals surface area contributed by atoms with Crippen molar-refractivity contribution in [3.63, 3.8) is 0 Å². The third-order valence-corrected chi connectivity index (χ3v) is 4.58. The molecule has 2 aromatic heterocycles. The summed E-state index contributed by atoms with van der Waals surface area (Å²) in [5.41, 5.74) is 0.909. The molecule has 1 amide bonds. The Morgan fingerprint density at radius 3 is 2.96 bits per heavy atom. The number of rotatable bonds is 6. The second-order valence-corrected chi connectivity index (χ2v) is 6.33. The van der Waals surface area contributed by atoms with Gasteiger partial charge in [-0.25, -0.2) is 4.98 Å². The summed E-state index contributed by atoms with van der Waals surface area (Å²) in [5, 5.41) is 8.13. The molecule has 0 radical (unpaired) electrons. The van der Waals surface area contributed by atoms with Crippen LogP contribution in [0.15, 0.2) is 47.5 Å². The minimum Gasteiger partial charge on any atom is -0.337 e. The molecular formula is C18H20N6O2. The number of hydrogen-bond acceptors (Lipinski definition) is 6. The van der Waals surface area contributed by atoms with E-state index in [1.165, 1.54) is 6.33 Å². The van der Waals surface area contributed by atoms with Crippen LogP contribution in [0.4, 0.5) is 0 Å². The standard InChI is InChI=1S/C18H20N6O2/c25-16(9-5-10-23-13-19-12-20-23)24-11-4-8-15(24)18-21-17(22-26-18)14-6-2-1-3-7-14/h1-3,6-7,12-13,15H,4-5,8-11H2. The molecule has 1 aliphatic heterocycles. The van der Waals surface area contributed by atoms with Gasteiger partial charge in [-0.3, -0.25) is 9.48 Å². The summed E-state index contributed by atoms with van der Waals surface area (Å²) in [4.78, 5) is 22.9. The predicted octanol–water partition coefficient (Wildman–Crippen LogP) is 2.47. The molecule has 1 atom stereocenters. The third-order valence-electron chi connectivity index (χ3n) is 4.58. The zero-order valence-electron chi connectivity index (χ0n) is 14.4. The Morgan fingerprint density at radius 1 is 1.27 bits per heavy atom. The van der Waals surface area contributed by atoms with Crippen LogP contribution in [0.1, 0.15) is 37.6 Å². The average Bonchev–Trinajstić information content (AvgIpc) is 3.42. The van der Waals surface area contributed by atoms with E-state index in [9.17, 15) is 4.79 Å². The number of carbonyl (C=O) groups excluding carboxylic acids is 1. The Hall–Kier alpha value is -3.03. The number of benzene rings is 1. The Bertz CT molecular complexity index is 846. The molecule has 0 N–H and O–H groups in total. The minimum absolute atomic E-state index is 0.118. The molecule has 8 nitrogen and oxygen atoms in total. The Kier molecular flexibility index (Phi) is 4.72. The van der Waals surface area contributed by atoms with Crippen molar-refractivity contribution in [3.05, 3.63) is 48.9 Å². The fourth-order valence-corrected chi connectivity index (χ4v) is 3.28. The summed E-state index contributed by atoms with van der Waals surface area (Å²) in [5.74, 6) is 1.20. The van der Waals surface area contributed by atoms with Crippen molar-refractivity contribution < 1.29 is 9.32 Å². The van der Waals surface area contributed by atoms with Crippen molar-refractivity contribution in [3.8, 4) is 11.4 Å². The van der Waals surface area contributed by atoms with Gasteiger partial charge in [-0.2, -0.15) is 10.1 Å². The van der Waals surface area contributed by atoms with E-state index in [4.69, 9.17) is 4.52 Å². The molecule has 1 saturated heterocycles. The summed E-state index contributed by atoms with van der Waals surface area (Å²) >= 11 is 0. The van der Waals surface area contributed by atoms with Crippen LogP contribution in [-0.2, 0) is 11.3 Å². The molecule has 0 saturated carbocycles. The van der Waals surface area contributed by atoms with Crippen molar-refractivity contribution in [2.75, 3.05) is 6.54 Å². The number of carbonyl (C=O) groups is 1. The lowest BCUT2D eigenvalue weighted by Gasteiger charge is -2.21. The first-order valence-corrected chi connectivity index (χ1v) is 8.82. The Balaban J connectivity index is 1.40. The zero-order valence-corrected chi connectivity index (χ0v) is 14.4. The van der Waals surface area contributed by atoms with E-state index >= 15 is 0 Å². The topological polar surface area (TPSA) is 89.9 Å². The first kappa shape index (κ1) is 16.4. The Labute approximate surface area is 150 Å². The Morgan fingerprint density at radius 2 is 2.15 bits per heavy atom. The maximum absolute atomic E-state index is 12.6. The van der Waals surface area contributed by atoms with Gasteiger partial charge in [0.15, 0.2) is 0 Å². The van der Waals surface area contributed by atoms with Gasteiger partial charge in [0.25, 0.3) is 0 Å². The molecule has 0 aliphatic carbocycles. The van der Waals surface area contributed by atoms with E-state index < -0.39 is 0 Å². The zero-order chi connectivity index (χ0) is 17.8. The summed E-state index contributed by atoms with van der Waals surface area (Å²) in [6.45, 7) is 1.42. The van der Waals surface area contributed by atoms with E-state index in [0.29, 0.717) is 24.7 Å². The number of nitrogens with zero attached hydrogens (tertiary/aromatic N) is 6. The molecule has 8 heteroatoms. The molecule has 1 unspecified atom stereocenters. The highest BCUT2D eigenvalue weighted by Crippen LogP contribution is 2.32. The lowest BCUT2D eigenvalue weighted by molar-refractivity contribution is -0.132. The van der Waals surface area contributed by atoms with Gasteiger partial charge in [0, 0.05) is 25.1 Å².